The van der Waals surface area contributed by atoms with Crippen molar-refractivity contribution in [3.05, 3.63) is 12.2 Å². The maximum absolute atomic E-state index is 11.8. The fourth-order valence-electron chi connectivity index (χ4n) is 2.89. The highest BCUT2D eigenvalue weighted by atomic mass is 31.3. The van der Waals surface area contributed by atoms with E-state index in [0.29, 0.717) is 0 Å². The third kappa shape index (κ3) is 5.58. The van der Waals surface area contributed by atoms with Gasteiger partial charge in [0.15, 0.2) is 23.2 Å². The van der Waals surface area contributed by atoms with Crippen LogP contribution in [0.5, 0.6) is 0 Å². The van der Waals surface area contributed by atoms with Crippen molar-refractivity contribution < 1.29 is 61.4 Å². The fraction of sp³-hybridized carbons (Fsp3) is 0.545. The highest BCUT2D eigenvalue weighted by molar-refractivity contribution is 7.66. The van der Waals surface area contributed by atoms with Crippen LogP contribution in [0.25, 0.3) is 11.2 Å². The van der Waals surface area contributed by atoms with Crippen molar-refractivity contribution in [1.29, 1.82) is 0 Å². The Hall–Kier alpha value is -1.36. The zero-order valence-electron chi connectivity index (χ0n) is 15.8. The number of fused-ring (bicyclic) bond motifs is 1. The number of hydrogen-bond donors (Lipinski definition) is 7. The molecule has 0 aromatic carbocycles. The second-order valence-corrected chi connectivity index (χ2v) is 10.8. The molecule has 2 aromatic rings. The number of phosphoric ester groups is 1. The number of aliphatic hydroxyl groups excluding tert-OH is 2. The molecule has 0 bridgehead atoms. The second kappa shape index (κ2) is 8.77. The first-order valence-corrected chi connectivity index (χ1v) is 12.9. The number of phosphoric acid groups is 3. The number of anilines is 1. The summed E-state index contributed by atoms with van der Waals surface area (Å²) in [5.41, 5.74) is 6.10. The van der Waals surface area contributed by atoms with Crippen molar-refractivity contribution in [2.45, 2.75) is 31.5 Å². The number of aryl methyl sites for hydroxylation is 1. The minimum atomic E-state index is -5.71. The van der Waals surface area contributed by atoms with Gasteiger partial charge in [-0.05, 0) is 6.92 Å². The van der Waals surface area contributed by atoms with E-state index in [1.54, 1.807) is 0 Å². The summed E-state index contributed by atoms with van der Waals surface area (Å²) in [5, 5.41) is 20.6. The Labute approximate surface area is 178 Å². The Kier molecular flexibility index (Phi) is 6.93. The minimum Gasteiger partial charge on any atom is -0.387 e. The summed E-state index contributed by atoms with van der Waals surface area (Å²) in [7, 11) is -16.7. The van der Waals surface area contributed by atoms with Crippen molar-refractivity contribution in [1.82, 2.24) is 19.5 Å². The van der Waals surface area contributed by atoms with Gasteiger partial charge in [0.2, 0.25) is 0 Å². The number of rotatable bonds is 8. The first-order chi connectivity index (χ1) is 14.6. The van der Waals surface area contributed by atoms with Crippen LogP contribution in [0, 0.1) is 6.92 Å². The van der Waals surface area contributed by atoms with E-state index in [4.69, 9.17) is 25.2 Å². The molecule has 1 saturated heterocycles. The molecule has 8 N–H and O–H groups in total. The van der Waals surface area contributed by atoms with E-state index in [-0.39, 0.29) is 22.8 Å². The standard InChI is InChI=1S/C11H18N5O13P3/c1-4-15-6-9(12)13-3-14-10(6)16(4)11-8(18)7(17)5(27-11)2-26-31(22,23)29-32(24,25)28-30(19,20)21/h3,5,7-8,11,17-18H,2H2,1H3,(H,22,23)(H,24,25)(H2,12,13,14)(H2,19,20,21)/t5-,7?,8+,11-/m1/s1. The molecule has 1 aliphatic heterocycles. The van der Waals surface area contributed by atoms with Gasteiger partial charge < -0.3 is 40.3 Å². The van der Waals surface area contributed by atoms with Gasteiger partial charge in [-0.2, -0.15) is 8.62 Å². The van der Waals surface area contributed by atoms with Crippen molar-refractivity contribution in [2.75, 3.05) is 12.3 Å². The van der Waals surface area contributed by atoms with Crippen LogP contribution in [0.15, 0.2) is 6.33 Å². The number of nitrogens with two attached hydrogens (primary N) is 1. The lowest BCUT2D eigenvalue weighted by atomic mass is 10.1. The third-order valence-corrected chi connectivity index (χ3v) is 7.89. The van der Waals surface area contributed by atoms with E-state index in [1.165, 1.54) is 11.5 Å². The van der Waals surface area contributed by atoms with E-state index in [0.717, 1.165) is 6.33 Å². The normalized spacial score (nSPS) is 28.0. The maximum Gasteiger partial charge on any atom is 0.490 e. The number of ether oxygens (including phenoxy) is 1. The molecule has 32 heavy (non-hydrogen) atoms. The predicted octanol–water partition coefficient (Wildman–Crippen LogP) is -1.32. The van der Waals surface area contributed by atoms with Gasteiger partial charge in [0.25, 0.3) is 0 Å². The second-order valence-electron chi connectivity index (χ2n) is 6.39. The van der Waals surface area contributed by atoms with Crippen LogP contribution in [0.2, 0.25) is 0 Å². The summed E-state index contributed by atoms with van der Waals surface area (Å²) in [4.78, 5) is 47.7. The molecule has 180 valence electrons. The molecule has 0 saturated carbocycles. The number of nitrogen functional groups attached to an aromatic ring is 1. The predicted molar refractivity (Wildman–Crippen MR) is 100 cm³/mol. The number of hydrogen-bond acceptors (Lipinski definition) is 13. The van der Waals surface area contributed by atoms with Gasteiger partial charge in [0, 0.05) is 0 Å². The van der Waals surface area contributed by atoms with Gasteiger partial charge in [0.05, 0.1) is 6.61 Å². The zero-order chi connectivity index (χ0) is 24.1. The van der Waals surface area contributed by atoms with E-state index in [9.17, 15) is 28.8 Å². The number of nitrogens with zero attached hydrogens (tertiary/aromatic N) is 4. The van der Waals surface area contributed by atoms with Crippen LogP contribution >= 0.6 is 23.5 Å². The van der Waals surface area contributed by atoms with Gasteiger partial charge in [0.1, 0.15) is 30.5 Å². The van der Waals surface area contributed by atoms with Gasteiger partial charge in [-0.1, -0.05) is 0 Å². The van der Waals surface area contributed by atoms with Crippen molar-refractivity contribution in [3.63, 3.8) is 0 Å². The summed E-state index contributed by atoms with van der Waals surface area (Å²) < 4.78 is 52.2. The molecular formula is C11H18N5O13P3. The Morgan fingerprint density at radius 2 is 1.75 bits per heavy atom. The Balaban J connectivity index is 1.73. The van der Waals surface area contributed by atoms with Gasteiger partial charge in [-0.3, -0.25) is 9.09 Å². The summed E-state index contributed by atoms with van der Waals surface area (Å²) in [5.74, 6) is 0.325. The van der Waals surface area contributed by atoms with Crippen LogP contribution in [0.3, 0.4) is 0 Å². The molecule has 1 aliphatic rings. The lowest BCUT2D eigenvalue weighted by Gasteiger charge is -2.19. The van der Waals surface area contributed by atoms with E-state index in [1.807, 2.05) is 0 Å². The Bertz CT molecular complexity index is 1150. The molecule has 0 spiro atoms. The Morgan fingerprint density at radius 1 is 1.09 bits per heavy atom. The molecule has 0 radical (unpaired) electrons. The van der Waals surface area contributed by atoms with Crippen LogP contribution in [0.1, 0.15) is 12.1 Å². The average Bonchev–Trinajstić information content (AvgIpc) is 3.08. The lowest BCUT2D eigenvalue weighted by molar-refractivity contribution is -0.0511. The van der Waals surface area contributed by atoms with Gasteiger partial charge in [-0.25, -0.2) is 28.6 Å². The SMILES string of the molecule is Cc1nc2c(N)ncnc2n1[C@@H]1O[C@H](COP(=O)(O)OP(=O)(O)OP(=O)(O)O)C(O)[C@@H]1O. The van der Waals surface area contributed by atoms with Crippen molar-refractivity contribution in [2.24, 2.45) is 0 Å². The quantitative estimate of drug-likeness (QED) is 0.198. The molecule has 21 heteroatoms. The number of imidazole rings is 1. The first-order valence-electron chi connectivity index (χ1n) is 8.35. The minimum absolute atomic E-state index is 0.0501. The summed E-state index contributed by atoms with van der Waals surface area (Å²) in [6.45, 7) is 0.574. The largest absolute Gasteiger partial charge is 0.490 e. The molecule has 0 aliphatic carbocycles. The van der Waals surface area contributed by atoms with Gasteiger partial charge in [-0.15, -0.1) is 0 Å². The van der Waals surface area contributed by atoms with Crippen LogP contribution in [0.4, 0.5) is 5.82 Å². The maximum atomic E-state index is 11.8. The van der Waals surface area contributed by atoms with Crippen LogP contribution < -0.4 is 5.73 Å². The molecule has 0 amide bonds. The van der Waals surface area contributed by atoms with Crippen molar-refractivity contribution >= 4 is 40.4 Å². The monoisotopic (exact) mass is 521 g/mol. The first kappa shape index (κ1) is 25.3. The molecule has 6 atom stereocenters. The molecule has 3 unspecified atom stereocenters. The van der Waals surface area contributed by atoms with E-state index in [2.05, 4.69) is 28.1 Å². The fourth-order valence-corrected chi connectivity index (χ4v) is 5.92. The summed E-state index contributed by atoms with van der Waals surface area (Å²) >= 11 is 0. The highest BCUT2D eigenvalue weighted by Gasteiger charge is 2.47. The highest BCUT2D eigenvalue weighted by Crippen LogP contribution is 2.66. The van der Waals surface area contributed by atoms with Crippen LogP contribution in [-0.4, -0.2) is 74.2 Å². The van der Waals surface area contributed by atoms with E-state index >= 15 is 0 Å². The number of aliphatic hydroxyl groups is 2. The lowest BCUT2D eigenvalue weighted by Crippen LogP contribution is -2.33. The number of aromatic nitrogens is 4. The zero-order valence-corrected chi connectivity index (χ0v) is 18.5. The molecular weight excluding hydrogens is 503 g/mol. The molecule has 18 nitrogen and oxygen atoms in total. The average molecular weight is 521 g/mol. The smallest absolute Gasteiger partial charge is 0.387 e. The van der Waals surface area contributed by atoms with Gasteiger partial charge >= 0.3 is 23.5 Å². The topological polar surface area (TPSA) is 279 Å². The van der Waals surface area contributed by atoms with Crippen LogP contribution in [-0.2, 0) is 31.6 Å². The summed E-state index contributed by atoms with van der Waals surface area (Å²) in [6, 6.07) is 0. The molecule has 1 fully saturated rings. The molecule has 3 rings (SSSR count). The van der Waals surface area contributed by atoms with E-state index < -0.39 is 54.6 Å². The summed E-state index contributed by atoms with van der Waals surface area (Å²) in [6.07, 6.45) is -4.89. The Morgan fingerprint density at radius 3 is 2.38 bits per heavy atom. The molecule has 2 aromatic heterocycles. The third-order valence-electron chi connectivity index (χ3n) is 4.09. The molecule has 3 heterocycles. The van der Waals surface area contributed by atoms with Crippen molar-refractivity contribution in [3.8, 4) is 0 Å².